The van der Waals surface area contributed by atoms with Gasteiger partial charge in [0.1, 0.15) is 18.1 Å². The zero-order valence-electron chi connectivity index (χ0n) is 15.2. The molecule has 0 radical (unpaired) electrons. The maximum Gasteiger partial charge on any atom is 0.265 e. The van der Waals surface area contributed by atoms with Crippen molar-refractivity contribution in [1.29, 1.82) is 0 Å². The van der Waals surface area contributed by atoms with Crippen molar-refractivity contribution in [3.8, 4) is 11.5 Å². The Morgan fingerprint density at radius 1 is 1.08 bits per heavy atom. The Bertz CT molecular complexity index is 694. The first-order valence-corrected chi connectivity index (χ1v) is 8.27. The lowest BCUT2D eigenvalue weighted by Gasteiger charge is -2.18. The van der Waals surface area contributed by atoms with Crippen LogP contribution in [0.4, 0.5) is 5.69 Å². The van der Waals surface area contributed by atoms with E-state index in [0.29, 0.717) is 24.7 Å². The second kappa shape index (κ2) is 9.08. The van der Waals surface area contributed by atoms with Crippen LogP contribution in [0.5, 0.6) is 11.5 Å². The predicted octanol–water partition coefficient (Wildman–Crippen LogP) is 3.73. The molecule has 1 N–H and O–H groups in total. The standard InChI is InChI=1S/C20H25NO4/c1-14-7-5-8-15(2)19(14)25-16(3)20(22)21-17-9-6-10-18(13-17)24-12-11-23-4/h5-10,13,16H,11-12H2,1-4H3,(H,21,22). The summed E-state index contributed by atoms with van der Waals surface area (Å²) in [7, 11) is 1.62. The van der Waals surface area contributed by atoms with Crippen LogP contribution in [0.2, 0.25) is 0 Å². The van der Waals surface area contributed by atoms with E-state index in [4.69, 9.17) is 14.2 Å². The molecule has 0 aliphatic heterocycles. The average Bonchev–Trinajstić information content (AvgIpc) is 2.58. The molecule has 25 heavy (non-hydrogen) atoms. The molecule has 5 heteroatoms. The van der Waals surface area contributed by atoms with Gasteiger partial charge >= 0.3 is 0 Å². The molecule has 5 nitrogen and oxygen atoms in total. The number of anilines is 1. The number of nitrogens with one attached hydrogen (secondary N) is 1. The Morgan fingerprint density at radius 3 is 2.44 bits per heavy atom. The molecular formula is C20H25NO4. The summed E-state index contributed by atoms with van der Waals surface area (Å²) in [5.74, 6) is 1.22. The Kier molecular flexibility index (Phi) is 6.83. The first-order chi connectivity index (χ1) is 12.0. The minimum Gasteiger partial charge on any atom is -0.491 e. The van der Waals surface area contributed by atoms with Crippen LogP contribution in [0.3, 0.4) is 0 Å². The smallest absolute Gasteiger partial charge is 0.265 e. The van der Waals surface area contributed by atoms with Crippen LogP contribution in [0, 0.1) is 13.8 Å². The highest BCUT2D eigenvalue weighted by molar-refractivity contribution is 5.94. The molecule has 0 spiro atoms. The third kappa shape index (κ3) is 5.50. The molecule has 1 atom stereocenters. The molecular weight excluding hydrogens is 318 g/mol. The number of carbonyl (C=O) groups is 1. The Morgan fingerprint density at radius 2 is 1.76 bits per heavy atom. The maximum absolute atomic E-state index is 12.4. The molecule has 0 bridgehead atoms. The van der Waals surface area contributed by atoms with E-state index in [0.717, 1.165) is 16.9 Å². The monoisotopic (exact) mass is 343 g/mol. The van der Waals surface area contributed by atoms with Gasteiger partial charge in [0.25, 0.3) is 5.91 Å². The summed E-state index contributed by atoms with van der Waals surface area (Å²) < 4.78 is 16.4. The lowest BCUT2D eigenvalue weighted by molar-refractivity contribution is -0.122. The van der Waals surface area contributed by atoms with Crippen LogP contribution in [0.25, 0.3) is 0 Å². The van der Waals surface area contributed by atoms with Crippen molar-refractivity contribution in [3.05, 3.63) is 53.6 Å². The maximum atomic E-state index is 12.4. The SMILES string of the molecule is COCCOc1cccc(NC(=O)C(C)Oc2c(C)cccc2C)c1. The highest BCUT2D eigenvalue weighted by atomic mass is 16.5. The number of hydrogen-bond acceptors (Lipinski definition) is 4. The predicted molar refractivity (Wildman–Crippen MR) is 98.4 cm³/mol. The van der Waals surface area contributed by atoms with Crippen LogP contribution >= 0.6 is 0 Å². The molecule has 1 amide bonds. The van der Waals surface area contributed by atoms with E-state index < -0.39 is 6.10 Å². The molecule has 134 valence electrons. The number of para-hydroxylation sites is 1. The molecule has 2 rings (SSSR count). The first-order valence-electron chi connectivity index (χ1n) is 8.27. The van der Waals surface area contributed by atoms with E-state index in [1.165, 1.54) is 0 Å². The Labute approximate surface area is 148 Å². The largest absolute Gasteiger partial charge is 0.491 e. The summed E-state index contributed by atoms with van der Waals surface area (Å²) in [5, 5.41) is 2.86. The number of benzene rings is 2. The number of rotatable bonds is 8. The van der Waals surface area contributed by atoms with Gasteiger partial charge in [0.2, 0.25) is 0 Å². The first kappa shape index (κ1) is 18.8. The third-order valence-corrected chi connectivity index (χ3v) is 3.73. The lowest BCUT2D eigenvalue weighted by atomic mass is 10.1. The molecule has 0 aromatic heterocycles. The van der Waals surface area contributed by atoms with Gasteiger partial charge in [-0.05, 0) is 44.0 Å². The van der Waals surface area contributed by atoms with Crippen molar-refractivity contribution < 1.29 is 19.0 Å². The number of hydrogen-bond donors (Lipinski definition) is 1. The number of amides is 1. The molecule has 0 fully saturated rings. The third-order valence-electron chi connectivity index (χ3n) is 3.73. The fraction of sp³-hybridized carbons (Fsp3) is 0.350. The van der Waals surface area contributed by atoms with Crippen molar-refractivity contribution >= 4 is 11.6 Å². The van der Waals surface area contributed by atoms with E-state index in [1.807, 2.05) is 50.2 Å². The topological polar surface area (TPSA) is 56.8 Å². The highest BCUT2D eigenvalue weighted by Crippen LogP contribution is 2.24. The summed E-state index contributed by atoms with van der Waals surface area (Å²) in [4.78, 5) is 12.4. The summed E-state index contributed by atoms with van der Waals surface area (Å²) in [5.41, 5.74) is 2.68. The van der Waals surface area contributed by atoms with Crippen molar-refractivity contribution in [3.63, 3.8) is 0 Å². The zero-order valence-corrected chi connectivity index (χ0v) is 15.2. The summed E-state index contributed by atoms with van der Waals surface area (Å²) in [6.07, 6.45) is -0.613. The average molecular weight is 343 g/mol. The van der Waals surface area contributed by atoms with Crippen molar-refractivity contribution in [2.75, 3.05) is 25.6 Å². The van der Waals surface area contributed by atoms with Crippen LogP contribution < -0.4 is 14.8 Å². The van der Waals surface area contributed by atoms with Crippen molar-refractivity contribution in [1.82, 2.24) is 0 Å². The minimum atomic E-state index is -0.613. The number of methoxy groups -OCH3 is 1. The van der Waals surface area contributed by atoms with Gasteiger partial charge in [-0.2, -0.15) is 0 Å². The summed E-state index contributed by atoms with van der Waals surface area (Å²) in [6.45, 7) is 6.64. The van der Waals surface area contributed by atoms with Gasteiger partial charge in [0.05, 0.1) is 6.61 Å². The van der Waals surface area contributed by atoms with E-state index in [2.05, 4.69) is 5.32 Å². The van der Waals surface area contributed by atoms with Crippen molar-refractivity contribution in [2.24, 2.45) is 0 Å². The van der Waals surface area contributed by atoms with E-state index in [9.17, 15) is 4.79 Å². The molecule has 0 aliphatic rings. The number of aryl methyl sites for hydroxylation is 2. The van der Waals surface area contributed by atoms with Gasteiger partial charge in [-0.1, -0.05) is 24.3 Å². The normalized spacial score (nSPS) is 11.7. The number of ether oxygens (including phenoxy) is 3. The molecule has 1 unspecified atom stereocenters. The van der Waals surface area contributed by atoms with E-state index in [1.54, 1.807) is 20.1 Å². The van der Waals surface area contributed by atoms with Gasteiger partial charge < -0.3 is 19.5 Å². The minimum absolute atomic E-state index is 0.211. The van der Waals surface area contributed by atoms with Gasteiger partial charge in [0.15, 0.2) is 6.10 Å². The Balaban J connectivity index is 1.98. The molecule has 2 aromatic rings. The van der Waals surface area contributed by atoms with Crippen LogP contribution in [0.1, 0.15) is 18.1 Å². The van der Waals surface area contributed by atoms with Gasteiger partial charge in [0, 0.05) is 18.9 Å². The second-order valence-corrected chi connectivity index (χ2v) is 5.84. The van der Waals surface area contributed by atoms with Crippen LogP contribution in [-0.2, 0) is 9.53 Å². The molecule has 2 aromatic carbocycles. The van der Waals surface area contributed by atoms with Gasteiger partial charge in [-0.25, -0.2) is 0 Å². The quantitative estimate of drug-likeness (QED) is 0.742. The Hall–Kier alpha value is -2.53. The zero-order chi connectivity index (χ0) is 18.2. The highest BCUT2D eigenvalue weighted by Gasteiger charge is 2.17. The van der Waals surface area contributed by atoms with Crippen LogP contribution in [-0.4, -0.2) is 32.3 Å². The van der Waals surface area contributed by atoms with E-state index in [-0.39, 0.29) is 5.91 Å². The second-order valence-electron chi connectivity index (χ2n) is 5.84. The fourth-order valence-electron chi connectivity index (χ4n) is 2.37. The molecule has 0 saturated heterocycles. The van der Waals surface area contributed by atoms with Gasteiger partial charge in [-0.3, -0.25) is 4.79 Å². The van der Waals surface area contributed by atoms with E-state index >= 15 is 0 Å². The summed E-state index contributed by atoms with van der Waals surface area (Å²) in [6, 6.07) is 13.2. The molecule has 0 heterocycles. The molecule has 0 aliphatic carbocycles. The van der Waals surface area contributed by atoms with Crippen molar-refractivity contribution in [2.45, 2.75) is 26.9 Å². The van der Waals surface area contributed by atoms with Gasteiger partial charge in [-0.15, -0.1) is 0 Å². The number of carbonyl (C=O) groups excluding carboxylic acids is 1. The van der Waals surface area contributed by atoms with Crippen LogP contribution in [0.15, 0.2) is 42.5 Å². The molecule has 0 saturated carbocycles. The lowest BCUT2D eigenvalue weighted by Crippen LogP contribution is -2.30. The summed E-state index contributed by atoms with van der Waals surface area (Å²) >= 11 is 0. The fourth-order valence-corrected chi connectivity index (χ4v) is 2.37.